The molecular formula is C15H20ClN3O2. The quantitative estimate of drug-likeness (QED) is 0.901. The molecule has 0 radical (unpaired) electrons. The van der Waals surface area contributed by atoms with Crippen molar-refractivity contribution < 1.29 is 9.53 Å². The van der Waals surface area contributed by atoms with Crippen LogP contribution in [0.1, 0.15) is 19.3 Å². The third-order valence-corrected chi connectivity index (χ3v) is 4.46. The molecule has 2 aliphatic heterocycles. The zero-order valence-electron chi connectivity index (χ0n) is 12.1. The second-order valence-electron chi connectivity index (χ2n) is 5.68. The number of benzene rings is 1. The number of anilines is 2. The van der Waals surface area contributed by atoms with Gasteiger partial charge in [-0.1, -0.05) is 18.0 Å². The molecule has 1 fully saturated rings. The number of piperidine rings is 1. The smallest absolute Gasteiger partial charge is 0.262 e. The average Bonchev–Trinajstić information content (AvgIpc) is 2.46. The predicted octanol–water partition coefficient (Wildman–Crippen LogP) is 2.57. The van der Waals surface area contributed by atoms with Crippen LogP contribution in [-0.2, 0) is 4.79 Å². The maximum Gasteiger partial charge on any atom is 0.262 e. The zero-order valence-corrected chi connectivity index (χ0v) is 12.9. The molecule has 5 nitrogen and oxygen atoms in total. The van der Waals surface area contributed by atoms with Crippen LogP contribution in [0.2, 0.25) is 5.02 Å². The number of nitrogens with one attached hydrogen (secondary N) is 2. The van der Waals surface area contributed by atoms with Crippen molar-refractivity contribution in [3.63, 3.8) is 0 Å². The number of rotatable bonds is 3. The Morgan fingerprint density at radius 3 is 3.14 bits per heavy atom. The van der Waals surface area contributed by atoms with Gasteiger partial charge in [0.25, 0.3) is 5.91 Å². The van der Waals surface area contributed by atoms with E-state index in [1.807, 2.05) is 6.07 Å². The van der Waals surface area contributed by atoms with E-state index < -0.39 is 0 Å². The largest absolute Gasteiger partial charge is 0.482 e. The van der Waals surface area contributed by atoms with Crippen molar-refractivity contribution in [3.05, 3.63) is 17.2 Å². The molecule has 0 spiro atoms. The van der Waals surface area contributed by atoms with Crippen molar-refractivity contribution in [1.82, 2.24) is 4.90 Å². The number of nitrogens with zero attached hydrogens (tertiary/aromatic N) is 1. The van der Waals surface area contributed by atoms with Gasteiger partial charge < -0.3 is 20.3 Å². The van der Waals surface area contributed by atoms with Crippen LogP contribution < -0.4 is 15.4 Å². The van der Waals surface area contributed by atoms with Crippen molar-refractivity contribution in [2.75, 3.05) is 37.4 Å². The number of carbonyl (C=O) groups excluding carboxylic acids is 1. The lowest BCUT2D eigenvalue weighted by molar-refractivity contribution is -0.118. The molecule has 0 aliphatic carbocycles. The number of hydrogen-bond donors (Lipinski definition) is 2. The van der Waals surface area contributed by atoms with E-state index >= 15 is 0 Å². The van der Waals surface area contributed by atoms with E-state index in [1.165, 1.54) is 19.3 Å². The van der Waals surface area contributed by atoms with Crippen LogP contribution in [-0.4, -0.2) is 43.6 Å². The molecule has 114 valence electrons. The molecule has 0 bridgehead atoms. The van der Waals surface area contributed by atoms with Crippen LogP contribution in [0.25, 0.3) is 0 Å². The number of halogens is 1. The first-order chi connectivity index (χ1) is 10.1. The number of likely N-dealkylation sites (N-methyl/N-ethyl adjacent to an activating group) is 1. The minimum atomic E-state index is -0.150. The van der Waals surface area contributed by atoms with Crippen LogP contribution >= 0.6 is 11.6 Å². The van der Waals surface area contributed by atoms with E-state index in [2.05, 4.69) is 22.6 Å². The first-order valence-electron chi connectivity index (χ1n) is 7.34. The highest BCUT2D eigenvalue weighted by Crippen LogP contribution is 2.36. The summed E-state index contributed by atoms with van der Waals surface area (Å²) in [5.41, 5.74) is 1.49. The van der Waals surface area contributed by atoms with Crippen LogP contribution in [0, 0.1) is 0 Å². The minimum absolute atomic E-state index is 0.0550. The molecular weight excluding hydrogens is 290 g/mol. The maximum absolute atomic E-state index is 11.3. The van der Waals surface area contributed by atoms with Gasteiger partial charge in [-0.15, -0.1) is 0 Å². The molecule has 2 heterocycles. The third-order valence-electron chi connectivity index (χ3n) is 4.15. The maximum atomic E-state index is 11.3. The van der Waals surface area contributed by atoms with E-state index in [1.54, 1.807) is 6.07 Å². The summed E-state index contributed by atoms with van der Waals surface area (Å²) < 4.78 is 5.42. The summed E-state index contributed by atoms with van der Waals surface area (Å²) in [7, 11) is 2.17. The van der Waals surface area contributed by atoms with E-state index in [0.717, 1.165) is 18.8 Å². The lowest BCUT2D eigenvalue weighted by atomic mass is 10.0. The highest BCUT2D eigenvalue weighted by atomic mass is 35.5. The summed E-state index contributed by atoms with van der Waals surface area (Å²) in [5, 5.41) is 6.76. The number of fused-ring (bicyclic) bond motifs is 1. The monoisotopic (exact) mass is 309 g/mol. The lowest BCUT2D eigenvalue weighted by Gasteiger charge is -2.33. The lowest BCUT2D eigenvalue weighted by Crippen LogP contribution is -2.40. The number of ether oxygens (including phenoxy) is 1. The molecule has 1 saturated heterocycles. The fourth-order valence-corrected chi connectivity index (χ4v) is 3.10. The zero-order chi connectivity index (χ0) is 14.8. The molecule has 1 aromatic rings. The van der Waals surface area contributed by atoms with Crippen LogP contribution in [0.4, 0.5) is 11.4 Å². The summed E-state index contributed by atoms with van der Waals surface area (Å²) in [6.07, 6.45) is 3.77. The molecule has 1 aromatic carbocycles. The van der Waals surface area contributed by atoms with Gasteiger partial charge in [-0.3, -0.25) is 4.79 Å². The van der Waals surface area contributed by atoms with Crippen molar-refractivity contribution in [3.8, 4) is 5.75 Å². The van der Waals surface area contributed by atoms with Gasteiger partial charge in [0.05, 0.1) is 16.4 Å². The Morgan fingerprint density at radius 2 is 2.33 bits per heavy atom. The van der Waals surface area contributed by atoms with Gasteiger partial charge in [0.1, 0.15) is 5.75 Å². The van der Waals surface area contributed by atoms with E-state index in [0.29, 0.717) is 22.5 Å². The Bertz CT molecular complexity index is 550. The molecule has 0 saturated carbocycles. The first-order valence-corrected chi connectivity index (χ1v) is 7.71. The normalized spacial score (nSPS) is 22.2. The topological polar surface area (TPSA) is 53.6 Å². The number of hydrogen-bond acceptors (Lipinski definition) is 4. The molecule has 6 heteroatoms. The second-order valence-corrected chi connectivity index (χ2v) is 6.08. The summed E-state index contributed by atoms with van der Waals surface area (Å²) in [6.45, 7) is 2.07. The van der Waals surface area contributed by atoms with Crippen LogP contribution in [0.5, 0.6) is 5.75 Å². The number of amides is 1. The van der Waals surface area contributed by atoms with E-state index in [-0.39, 0.29) is 12.5 Å². The van der Waals surface area contributed by atoms with Crippen molar-refractivity contribution in [1.29, 1.82) is 0 Å². The molecule has 2 N–H and O–H groups in total. The van der Waals surface area contributed by atoms with Gasteiger partial charge in [0.2, 0.25) is 0 Å². The number of carbonyl (C=O) groups is 1. The van der Waals surface area contributed by atoms with Crippen molar-refractivity contribution >= 4 is 28.9 Å². The second kappa shape index (κ2) is 6.12. The Hall–Kier alpha value is -1.46. The number of likely N-dealkylation sites (tertiary alicyclic amines) is 1. The third kappa shape index (κ3) is 3.24. The van der Waals surface area contributed by atoms with Crippen molar-refractivity contribution in [2.24, 2.45) is 0 Å². The summed E-state index contributed by atoms with van der Waals surface area (Å²) in [5.74, 6) is 0.515. The van der Waals surface area contributed by atoms with E-state index in [9.17, 15) is 4.79 Å². The van der Waals surface area contributed by atoms with Gasteiger partial charge >= 0.3 is 0 Å². The molecule has 3 rings (SSSR count). The van der Waals surface area contributed by atoms with Crippen molar-refractivity contribution in [2.45, 2.75) is 25.3 Å². The predicted molar refractivity (Wildman–Crippen MR) is 84.3 cm³/mol. The fourth-order valence-electron chi connectivity index (χ4n) is 2.87. The summed E-state index contributed by atoms with van der Waals surface area (Å²) in [4.78, 5) is 13.7. The SMILES string of the molecule is CN1CCCCC1CNc1cc2c(cc1Cl)NC(=O)CO2. The fraction of sp³-hybridized carbons (Fsp3) is 0.533. The van der Waals surface area contributed by atoms with Gasteiger partial charge in [0, 0.05) is 18.7 Å². The Labute approximate surface area is 129 Å². The highest BCUT2D eigenvalue weighted by molar-refractivity contribution is 6.33. The van der Waals surface area contributed by atoms with Gasteiger partial charge in [-0.25, -0.2) is 0 Å². The molecule has 1 amide bonds. The summed E-state index contributed by atoms with van der Waals surface area (Å²) in [6, 6.07) is 4.13. The minimum Gasteiger partial charge on any atom is -0.482 e. The molecule has 1 atom stereocenters. The molecule has 2 aliphatic rings. The van der Waals surface area contributed by atoms with Crippen LogP contribution in [0.15, 0.2) is 12.1 Å². The van der Waals surface area contributed by atoms with E-state index in [4.69, 9.17) is 16.3 Å². The average molecular weight is 310 g/mol. The van der Waals surface area contributed by atoms with Gasteiger partial charge in [-0.2, -0.15) is 0 Å². The molecule has 0 aromatic heterocycles. The molecule has 1 unspecified atom stereocenters. The standard InChI is InChI=1S/C15H20ClN3O2/c1-19-5-3-2-4-10(19)8-17-12-7-14-13(6-11(12)16)18-15(20)9-21-14/h6-7,10,17H,2-5,8-9H2,1H3,(H,18,20). The van der Waals surface area contributed by atoms with Crippen LogP contribution in [0.3, 0.4) is 0 Å². The van der Waals surface area contributed by atoms with Gasteiger partial charge in [0.15, 0.2) is 6.61 Å². The molecule has 21 heavy (non-hydrogen) atoms. The Morgan fingerprint density at radius 1 is 1.48 bits per heavy atom. The van der Waals surface area contributed by atoms with Gasteiger partial charge in [-0.05, 0) is 32.5 Å². The first kappa shape index (κ1) is 14.5. The summed E-state index contributed by atoms with van der Waals surface area (Å²) >= 11 is 6.28. The Balaban J connectivity index is 1.69. The Kier molecular flexibility index (Phi) is 4.22. The highest BCUT2D eigenvalue weighted by Gasteiger charge is 2.21.